The zero-order valence-corrected chi connectivity index (χ0v) is 34.4. The van der Waals surface area contributed by atoms with Crippen molar-refractivity contribution in [2.75, 3.05) is 10.5 Å². The highest BCUT2D eigenvalue weighted by atomic mass is 79.9. The Bertz CT molecular complexity index is 1970. The Morgan fingerprint density at radius 3 is 1.53 bits per heavy atom. The summed E-state index contributed by atoms with van der Waals surface area (Å²) in [6.07, 6.45) is 2.95. The summed E-state index contributed by atoms with van der Waals surface area (Å²) >= 11 is 29.9. The number of nitrogens with one attached hydrogen (secondary N) is 1. The maximum atomic E-state index is 12.6. The van der Waals surface area contributed by atoms with Crippen molar-refractivity contribution in [3.8, 4) is 0 Å². The van der Waals surface area contributed by atoms with E-state index in [0.717, 1.165) is 11.1 Å². The molecular formula is C30H31Br2Cl5N4O4S2. The molecule has 4 rings (SSSR count). The van der Waals surface area contributed by atoms with Crippen molar-refractivity contribution in [3.05, 3.63) is 101 Å². The molecule has 2 heterocycles. The van der Waals surface area contributed by atoms with Crippen LogP contribution in [-0.4, -0.2) is 26.8 Å². The molecule has 4 aromatic rings. The summed E-state index contributed by atoms with van der Waals surface area (Å²) in [6, 6.07) is 12.2. The van der Waals surface area contributed by atoms with Crippen LogP contribution >= 0.6 is 88.9 Å². The van der Waals surface area contributed by atoms with Crippen LogP contribution < -0.4 is 10.5 Å². The Hall–Kier alpha value is -1.35. The first-order valence-electron chi connectivity index (χ1n) is 13.3. The van der Waals surface area contributed by atoms with Gasteiger partial charge < -0.3 is 5.73 Å². The van der Waals surface area contributed by atoms with Crippen LogP contribution in [0.4, 0.5) is 11.4 Å². The van der Waals surface area contributed by atoms with Gasteiger partial charge in [0, 0.05) is 33.1 Å². The van der Waals surface area contributed by atoms with Crippen molar-refractivity contribution in [2.45, 2.75) is 62.2 Å². The first-order chi connectivity index (χ1) is 21.3. The average molecular weight is 913 g/mol. The molecule has 2 aromatic carbocycles. The molecule has 256 valence electrons. The molecule has 0 aliphatic rings. The first-order valence-corrected chi connectivity index (χ1v) is 20.2. The normalized spacial score (nSPS) is 11.9. The van der Waals surface area contributed by atoms with Gasteiger partial charge in [0.1, 0.15) is 9.21 Å². The molecule has 2 aromatic heterocycles. The van der Waals surface area contributed by atoms with Crippen molar-refractivity contribution in [1.29, 1.82) is 0 Å². The maximum absolute atomic E-state index is 12.6. The molecule has 0 aliphatic heterocycles. The van der Waals surface area contributed by atoms with E-state index in [0.29, 0.717) is 35.0 Å². The lowest BCUT2D eigenvalue weighted by Crippen LogP contribution is -2.17. The predicted molar refractivity (Wildman–Crippen MR) is 202 cm³/mol. The third kappa shape index (κ3) is 12.8. The van der Waals surface area contributed by atoms with Gasteiger partial charge in [0.05, 0.1) is 31.2 Å². The number of hydrogen-bond donors (Lipinski definition) is 2. The fourth-order valence-electron chi connectivity index (χ4n) is 3.61. The third-order valence-electron chi connectivity index (χ3n) is 5.97. The van der Waals surface area contributed by atoms with Crippen LogP contribution in [0.1, 0.15) is 52.7 Å². The highest BCUT2D eigenvalue weighted by Gasteiger charge is 2.23. The lowest BCUT2D eigenvalue weighted by molar-refractivity contribution is 0.584. The van der Waals surface area contributed by atoms with E-state index in [2.05, 4.69) is 46.5 Å². The van der Waals surface area contributed by atoms with E-state index in [1.54, 1.807) is 24.3 Å². The number of anilines is 2. The summed E-state index contributed by atoms with van der Waals surface area (Å²) in [4.78, 5) is 8.01. The third-order valence-corrected chi connectivity index (χ3v) is 11.0. The van der Waals surface area contributed by atoms with Crippen LogP contribution in [0.15, 0.2) is 79.9 Å². The van der Waals surface area contributed by atoms with Crippen molar-refractivity contribution >= 4 is 119 Å². The molecule has 0 amide bonds. The fraction of sp³-hybridized carbons (Fsp3) is 0.267. The Labute approximate surface area is 317 Å². The summed E-state index contributed by atoms with van der Waals surface area (Å²) in [6.45, 7) is 11.8. The molecule has 0 saturated heterocycles. The summed E-state index contributed by atoms with van der Waals surface area (Å²) in [5.74, 6) is 0. The van der Waals surface area contributed by atoms with Gasteiger partial charge in [-0.3, -0.25) is 4.72 Å². The Balaban J connectivity index is 0.000000273. The fourth-order valence-corrected chi connectivity index (χ4v) is 7.26. The topological polar surface area (TPSA) is 132 Å². The highest BCUT2D eigenvalue weighted by molar-refractivity contribution is 9.10. The minimum absolute atomic E-state index is 0.0819. The van der Waals surface area contributed by atoms with Crippen molar-refractivity contribution < 1.29 is 16.8 Å². The molecule has 0 fully saturated rings. The summed E-state index contributed by atoms with van der Waals surface area (Å²) in [5.41, 5.74) is 7.29. The molecular weight excluding hydrogens is 882 g/mol. The highest BCUT2D eigenvalue weighted by Crippen LogP contribution is 2.34. The number of nitrogens with two attached hydrogens (primary N) is 1. The van der Waals surface area contributed by atoms with Crippen molar-refractivity contribution in [2.24, 2.45) is 0 Å². The predicted octanol–water partition coefficient (Wildman–Crippen LogP) is 10.9. The van der Waals surface area contributed by atoms with Crippen LogP contribution in [-0.2, 0) is 29.9 Å². The molecule has 3 N–H and O–H groups in total. The van der Waals surface area contributed by atoms with Gasteiger partial charge in [0.2, 0.25) is 0 Å². The van der Waals surface area contributed by atoms with Crippen LogP contribution in [0.2, 0.25) is 20.1 Å². The zero-order chi connectivity index (χ0) is 36.1. The first kappa shape index (κ1) is 41.8. The molecule has 0 bridgehead atoms. The maximum Gasteiger partial charge on any atom is 0.261 e. The van der Waals surface area contributed by atoms with Crippen molar-refractivity contribution in [3.63, 3.8) is 0 Å². The second-order valence-corrected chi connectivity index (χ2v) is 19.3. The minimum atomic E-state index is -3.79. The van der Waals surface area contributed by atoms with Crippen LogP contribution in [0, 0.1) is 0 Å². The summed E-state index contributed by atoms with van der Waals surface area (Å²) in [5, 5.41) is 1.96. The number of nitrogens with zero attached hydrogens (tertiary/aromatic N) is 2. The number of rotatable bonds is 4. The minimum Gasteiger partial charge on any atom is -0.396 e. The molecule has 17 heteroatoms. The number of nitrogen functional groups attached to an aromatic ring is 1. The van der Waals surface area contributed by atoms with Gasteiger partial charge in [0.25, 0.3) is 19.1 Å². The van der Waals surface area contributed by atoms with E-state index in [4.69, 9.17) is 62.8 Å². The number of pyridine rings is 2. The second-order valence-electron chi connectivity index (χ2n) is 11.9. The largest absolute Gasteiger partial charge is 0.396 e. The number of aromatic nitrogens is 2. The number of hydrogen-bond acceptors (Lipinski definition) is 7. The summed E-state index contributed by atoms with van der Waals surface area (Å²) < 4.78 is 51.0. The van der Waals surface area contributed by atoms with E-state index in [1.807, 2.05) is 41.5 Å². The molecule has 47 heavy (non-hydrogen) atoms. The van der Waals surface area contributed by atoms with Crippen LogP contribution in [0.3, 0.4) is 0 Å². The Kier molecular flexibility index (Phi) is 14.7. The van der Waals surface area contributed by atoms with Crippen LogP contribution in [0.25, 0.3) is 0 Å². The number of halogens is 7. The monoisotopic (exact) mass is 908 g/mol. The quantitative estimate of drug-likeness (QED) is 0.154. The molecule has 0 aliphatic carbocycles. The van der Waals surface area contributed by atoms with Gasteiger partial charge in [-0.2, -0.15) is 0 Å². The van der Waals surface area contributed by atoms with Gasteiger partial charge in [-0.25, -0.2) is 26.8 Å². The zero-order valence-electron chi connectivity index (χ0n) is 25.8. The van der Waals surface area contributed by atoms with E-state index >= 15 is 0 Å². The van der Waals surface area contributed by atoms with E-state index in [1.165, 1.54) is 36.7 Å². The Morgan fingerprint density at radius 2 is 1.11 bits per heavy atom. The lowest BCUT2D eigenvalue weighted by atomic mass is 9.87. The number of sulfonamides is 1. The Morgan fingerprint density at radius 1 is 0.681 bits per heavy atom. The van der Waals surface area contributed by atoms with E-state index < -0.39 is 19.1 Å². The second kappa shape index (κ2) is 16.6. The van der Waals surface area contributed by atoms with Gasteiger partial charge in [-0.15, -0.1) is 0 Å². The molecule has 8 nitrogen and oxygen atoms in total. The van der Waals surface area contributed by atoms with E-state index in [9.17, 15) is 16.8 Å². The van der Waals surface area contributed by atoms with Crippen LogP contribution in [0.5, 0.6) is 0 Å². The standard InChI is InChI=1S/C15H15BrCl2N2O2S.C10H12Cl2O2S.C5H4BrClN2/c1-15(2,3)11-7-10(4-5-12(11)18)23(21,22)20-13-6-9(17)8-19-14(13)16;1-10(2,3)8-6-7(15(12,13)14)4-5-9(8)11;6-5-4(8)1-3(7)2-9-5/h4-8,20H,1-3H3;4-6H,1-3H3;1-2H,8H2. The molecule has 0 saturated carbocycles. The molecule has 0 unspecified atom stereocenters. The van der Waals surface area contributed by atoms with Gasteiger partial charge in [-0.05, 0) is 102 Å². The molecule has 0 spiro atoms. The van der Waals surface area contributed by atoms with Crippen molar-refractivity contribution in [1.82, 2.24) is 9.97 Å². The molecule has 0 atom stereocenters. The lowest BCUT2D eigenvalue weighted by Gasteiger charge is -2.21. The average Bonchev–Trinajstić information content (AvgIpc) is 2.92. The van der Waals surface area contributed by atoms with Gasteiger partial charge in [-0.1, -0.05) is 87.9 Å². The summed E-state index contributed by atoms with van der Waals surface area (Å²) in [7, 11) is -2.22. The van der Waals surface area contributed by atoms with E-state index in [-0.39, 0.29) is 26.3 Å². The molecule has 0 radical (unpaired) electrons. The number of benzene rings is 2. The van der Waals surface area contributed by atoms with Gasteiger partial charge >= 0.3 is 0 Å². The smallest absolute Gasteiger partial charge is 0.261 e. The SMILES string of the molecule is CC(C)(C)c1cc(S(=O)(=O)Cl)ccc1Cl.CC(C)(C)c1cc(S(=O)(=O)Nc2cc(Cl)cnc2Br)ccc1Cl.Nc1cc(Cl)cnc1Br. The van der Waals surface area contributed by atoms with Gasteiger partial charge in [0.15, 0.2) is 0 Å².